The quantitative estimate of drug-likeness (QED) is 0.228. The highest BCUT2D eigenvalue weighted by Crippen LogP contribution is 2.41. The van der Waals surface area contributed by atoms with E-state index in [1.807, 2.05) is 5.38 Å². The molecule has 4 heterocycles. The van der Waals surface area contributed by atoms with Gasteiger partial charge in [-0.3, -0.25) is 14.0 Å². The van der Waals surface area contributed by atoms with E-state index in [1.54, 1.807) is 29.7 Å². The maximum Gasteiger partial charge on any atom is 0.313 e. The van der Waals surface area contributed by atoms with Gasteiger partial charge in [0.25, 0.3) is 0 Å². The molecule has 36 heavy (non-hydrogen) atoms. The molecule has 0 aliphatic rings. The number of carboxylic acids is 1. The number of nitrogens with one attached hydrogen (secondary N) is 1. The minimum Gasteiger partial charge on any atom is -0.504 e. The molecule has 0 aliphatic carbocycles. The van der Waals surface area contributed by atoms with E-state index in [4.69, 9.17) is 14.1 Å². The van der Waals surface area contributed by atoms with E-state index in [0.717, 1.165) is 11.8 Å². The van der Waals surface area contributed by atoms with E-state index in [-0.39, 0.29) is 34.5 Å². The van der Waals surface area contributed by atoms with Crippen LogP contribution in [0.2, 0.25) is 0 Å². The van der Waals surface area contributed by atoms with Crippen molar-refractivity contribution in [1.82, 2.24) is 19.4 Å². The number of H-pyrrole nitrogens is 1. The molecular formula is C23H18N4O7S2. The van der Waals surface area contributed by atoms with Gasteiger partial charge in [0.1, 0.15) is 27.9 Å². The molecule has 5 rings (SSSR count). The van der Waals surface area contributed by atoms with Crippen LogP contribution < -0.4 is 10.2 Å². The fourth-order valence-corrected chi connectivity index (χ4v) is 5.18. The van der Waals surface area contributed by atoms with Crippen molar-refractivity contribution in [2.24, 2.45) is 0 Å². The number of carbonyl (C=O) groups is 1. The van der Waals surface area contributed by atoms with Gasteiger partial charge < -0.3 is 29.5 Å². The number of ether oxygens (including phenoxy) is 1. The third kappa shape index (κ3) is 4.07. The number of aromatic hydroxyl groups is 2. The van der Waals surface area contributed by atoms with E-state index in [2.05, 4.69) is 9.97 Å². The van der Waals surface area contributed by atoms with Crippen LogP contribution in [0.3, 0.4) is 0 Å². The van der Waals surface area contributed by atoms with Gasteiger partial charge in [-0.25, -0.2) is 9.97 Å². The maximum atomic E-state index is 12.3. The van der Waals surface area contributed by atoms with Crippen LogP contribution in [-0.4, -0.2) is 53.5 Å². The summed E-state index contributed by atoms with van der Waals surface area (Å²) in [5.41, 5.74) is 0.880. The highest BCUT2D eigenvalue weighted by atomic mass is 32.2. The Morgan fingerprint density at radius 2 is 2.08 bits per heavy atom. The smallest absolute Gasteiger partial charge is 0.313 e. The number of nitrogens with zero attached hydrogens (tertiary/aromatic N) is 3. The van der Waals surface area contributed by atoms with Crippen LogP contribution in [0.4, 0.5) is 0 Å². The highest BCUT2D eigenvalue weighted by Gasteiger charge is 2.26. The molecule has 0 aliphatic heterocycles. The predicted octanol–water partition coefficient (Wildman–Crippen LogP) is 3.98. The molecule has 0 bridgehead atoms. The number of aryl methyl sites for hydroxylation is 1. The van der Waals surface area contributed by atoms with Crippen molar-refractivity contribution < 1.29 is 29.3 Å². The summed E-state index contributed by atoms with van der Waals surface area (Å²) in [5.74, 6) is -1.22. The minimum absolute atomic E-state index is 0.0772. The molecule has 0 amide bonds. The summed E-state index contributed by atoms with van der Waals surface area (Å²) < 4.78 is 12.7. The molecule has 184 valence electrons. The average Bonchev–Trinajstić information content (AvgIpc) is 3.55. The number of methoxy groups -OCH3 is 1. The van der Waals surface area contributed by atoms with Gasteiger partial charge in [0, 0.05) is 23.2 Å². The number of aromatic nitrogens is 4. The minimum atomic E-state index is -0.995. The topological polar surface area (TPSA) is 163 Å². The number of carboxylic acid groups (broad SMARTS) is 1. The predicted molar refractivity (Wildman–Crippen MR) is 133 cm³/mol. The Morgan fingerprint density at radius 3 is 2.83 bits per heavy atom. The van der Waals surface area contributed by atoms with Crippen molar-refractivity contribution in [2.45, 2.75) is 11.9 Å². The molecule has 0 radical (unpaired) electrons. The number of aromatic amines is 1. The van der Waals surface area contributed by atoms with Crippen LogP contribution in [0.15, 0.2) is 50.1 Å². The molecule has 0 atom stereocenters. The number of hydrogen-bond donors (Lipinski definition) is 4. The number of phenolic OH excluding ortho intramolecular Hbond substituents is 1. The maximum absolute atomic E-state index is 12.3. The van der Waals surface area contributed by atoms with Gasteiger partial charge in [-0.15, -0.1) is 11.3 Å². The number of phenols is 1. The Labute approximate surface area is 210 Å². The number of thiazole rings is 1. The first-order valence-electron chi connectivity index (χ1n) is 10.4. The van der Waals surface area contributed by atoms with Crippen LogP contribution in [0.5, 0.6) is 17.2 Å². The Kier molecular flexibility index (Phi) is 5.94. The average molecular weight is 527 g/mol. The van der Waals surface area contributed by atoms with Crippen molar-refractivity contribution in [3.63, 3.8) is 0 Å². The van der Waals surface area contributed by atoms with Crippen molar-refractivity contribution in [3.05, 3.63) is 51.8 Å². The summed E-state index contributed by atoms with van der Waals surface area (Å²) in [6.45, 7) is 1.58. The summed E-state index contributed by atoms with van der Waals surface area (Å²) in [4.78, 5) is 36.6. The molecule has 0 saturated heterocycles. The molecular weight excluding hydrogens is 508 g/mol. The molecule has 13 heteroatoms. The molecule has 0 unspecified atom stereocenters. The molecule has 5 aromatic rings. The third-order valence-corrected chi connectivity index (χ3v) is 6.92. The van der Waals surface area contributed by atoms with Crippen LogP contribution in [0, 0.1) is 6.92 Å². The second-order valence-electron chi connectivity index (χ2n) is 7.60. The molecule has 0 fully saturated rings. The zero-order valence-corrected chi connectivity index (χ0v) is 20.4. The lowest BCUT2D eigenvalue weighted by Gasteiger charge is -2.08. The van der Waals surface area contributed by atoms with Gasteiger partial charge in [0.05, 0.1) is 12.9 Å². The first-order valence-corrected chi connectivity index (χ1v) is 12.2. The van der Waals surface area contributed by atoms with Crippen LogP contribution in [0.1, 0.15) is 5.76 Å². The Balaban J connectivity index is 1.78. The molecule has 1 aromatic carbocycles. The Morgan fingerprint density at radius 1 is 1.28 bits per heavy atom. The van der Waals surface area contributed by atoms with Gasteiger partial charge >= 0.3 is 5.97 Å². The molecule has 4 N–H and O–H groups in total. The van der Waals surface area contributed by atoms with E-state index in [0.29, 0.717) is 32.8 Å². The van der Waals surface area contributed by atoms with Crippen molar-refractivity contribution in [3.8, 4) is 51.5 Å². The Hall–Kier alpha value is -4.23. The zero-order chi connectivity index (χ0) is 25.6. The largest absolute Gasteiger partial charge is 0.504 e. The van der Waals surface area contributed by atoms with Gasteiger partial charge in [-0.1, -0.05) is 11.8 Å². The van der Waals surface area contributed by atoms with Gasteiger partial charge in [0.15, 0.2) is 28.0 Å². The van der Waals surface area contributed by atoms with E-state index < -0.39 is 17.1 Å². The van der Waals surface area contributed by atoms with Crippen LogP contribution in [0.25, 0.3) is 39.2 Å². The second kappa shape index (κ2) is 9.09. The van der Waals surface area contributed by atoms with Crippen LogP contribution in [-0.2, 0) is 4.79 Å². The van der Waals surface area contributed by atoms with Crippen molar-refractivity contribution in [1.29, 1.82) is 0 Å². The number of thioether (sulfide) groups is 1. The van der Waals surface area contributed by atoms with Crippen molar-refractivity contribution in [2.75, 3.05) is 12.9 Å². The first kappa shape index (κ1) is 23.5. The highest BCUT2D eigenvalue weighted by molar-refractivity contribution is 8.00. The summed E-state index contributed by atoms with van der Waals surface area (Å²) in [6.07, 6.45) is 1.78. The lowest BCUT2D eigenvalue weighted by atomic mass is 10.1. The lowest BCUT2D eigenvalue weighted by Crippen LogP contribution is -2.01. The summed E-state index contributed by atoms with van der Waals surface area (Å²) in [6, 6.07) is 5.76. The number of imidazole rings is 2. The fraction of sp³-hybridized carbons (Fsp3) is 0.130. The zero-order valence-electron chi connectivity index (χ0n) is 18.8. The standard InChI is InChI=1S/C23H18N4O7S2/c1-10-7-13(29)19(32)20(34-10)17-16(11-3-4-12(28)14(8-11)33-2)24-21(25-17)18-22(36-9-15(30)31)26-23-27(18)5-6-35-23/h3-8,28,32H,9H2,1-2H3,(H,24,25)(H,30,31). The van der Waals surface area contributed by atoms with E-state index in [1.165, 1.54) is 30.6 Å². The second-order valence-corrected chi connectivity index (χ2v) is 9.44. The molecule has 11 nitrogen and oxygen atoms in total. The fourth-order valence-electron chi connectivity index (χ4n) is 3.67. The normalized spacial score (nSPS) is 11.3. The number of benzene rings is 1. The third-order valence-electron chi connectivity index (χ3n) is 5.22. The summed E-state index contributed by atoms with van der Waals surface area (Å²) in [7, 11) is 1.41. The number of hydrogen-bond acceptors (Lipinski definition) is 10. The van der Waals surface area contributed by atoms with Crippen LogP contribution >= 0.6 is 23.1 Å². The molecule has 0 saturated carbocycles. The number of fused-ring (bicyclic) bond motifs is 1. The molecule has 4 aromatic heterocycles. The molecule has 0 spiro atoms. The Bertz CT molecular complexity index is 1680. The lowest BCUT2D eigenvalue weighted by molar-refractivity contribution is -0.133. The summed E-state index contributed by atoms with van der Waals surface area (Å²) in [5, 5.41) is 32.1. The van der Waals surface area contributed by atoms with Gasteiger partial charge in [0.2, 0.25) is 11.2 Å². The van der Waals surface area contributed by atoms with E-state index >= 15 is 0 Å². The van der Waals surface area contributed by atoms with Gasteiger partial charge in [-0.05, 0) is 25.1 Å². The van der Waals surface area contributed by atoms with Gasteiger partial charge in [-0.2, -0.15) is 0 Å². The number of rotatable bonds is 7. The SMILES string of the molecule is COc1cc(-c2nc(-c3c(SCC(=O)O)nc4sccn34)[nH]c2-c2oc(C)cc(=O)c2O)ccc1O. The first-order chi connectivity index (χ1) is 17.3. The van der Waals surface area contributed by atoms with Crippen molar-refractivity contribution >= 4 is 34.0 Å². The monoisotopic (exact) mass is 526 g/mol. The summed E-state index contributed by atoms with van der Waals surface area (Å²) >= 11 is 2.42. The van der Waals surface area contributed by atoms with E-state index in [9.17, 15) is 24.9 Å². The number of aliphatic carboxylic acids is 1.